The molecule has 0 atom stereocenters. The van der Waals surface area contributed by atoms with E-state index in [1.807, 2.05) is 30.3 Å². The first-order valence-corrected chi connectivity index (χ1v) is 8.52. The highest BCUT2D eigenvalue weighted by Gasteiger charge is 2.11. The van der Waals surface area contributed by atoms with Crippen LogP contribution in [0.3, 0.4) is 0 Å². The number of aromatic amines is 1. The van der Waals surface area contributed by atoms with Gasteiger partial charge in [0.1, 0.15) is 5.69 Å². The van der Waals surface area contributed by atoms with E-state index in [1.165, 1.54) is 12.8 Å². The van der Waals surface area contributed by atoms with E-state index in [2.05, 4.69) is 34.2 Å². The summed E-state index contributed by atoms with van der Waals surface area (Å²) in [6, 6.07) is 9.88. The maximum Gasteiger partial charge on any atom is 0.267 e. The number of aromatic nitrogens is 2. The standard InChI is InChI=1S/C19H24N4O/c1-3-4-11-23(2)12-10-21-19(24)16-13-15-8-7-14-6-5-9-20-17(14)18(15)22-16/h5-9,13,22H,3-4,10-12H2,1-2H3,(H,21,24). The summed E-state index contributed by atoms with van der Waals surface area (Å²) in [5.41, 5.74) is 2.39. The predicted octanol–water partition coefficient (Wildman–Crippen LogP) is 3.18. The fraction of sp³-hybridized carbons (Fsp3) is 0.368. The van der Waals surface area contributed by atoms with Crippen molar-refractivity contribution >= 4 is 27.7 Å². The summed E-state index contributed by atoms with van der Waals surface area (Å²) >= 11 is 0. The number of pyridine rings is 1. The second-order valence-electron chi connectivity index (χ2n) is 6.20. The highest BCUT2D eigenvalue weighted by atomic mass is 16.1. The molecule has 126 valence electrons. The molecule has 0 unspecified atom stereocenters. The number of nitrogens with zero attached hydrogens (tertiary/aromatic N) is 2. The Bertz CT molecular complexity index is 840. The molecule has 1 amide bonds. The van der Waals surface area contributed by atoms with Crippen LogP contribution in [-0.2, 0) is 0 Å². The van der Waals surface area contributed by atoms with Crippen LogP contribution in [0.25, 0.3) is 21.8 Å². The van der Waals surface area contributed by atoms with Gasteiger partial charge in [-0.3, -0.25) is 9.78 Å². The molecule has 0 aliphatic heterocycles. The van der Waals surface area contributed by atoms with Crippen LogP contribution in [0.15, 0.2) is 36.5 Å². The van der Waals surface area contributed by atoms with Gasteiger partial charge in [0.25, 0.3) is 5.91 Å². The summed E-state index contributed by atoms with van der Waals surface area (Å²) in [6.45, 7) is 4.75. The van der Waals surface area contributed by atoms with Crippen LogP contribution in [0.4, 0.5) is 0 Å². The molecule has 5 nitrogen and oxygen atoms in total. The molecule has 0 saturated carbocycles. The van der Waals surface area contributed by atoms with Crippen LogP contribution in [-0.4, -0.2) is 47.5 Å². The minimum atomic E-state index is -0.0702. The largest absolute Gasteiger partial charge is 0.349 e. The molecular weight excluding hydrogens is 300 g/mol. The van der Waals surface area contributed by atoms with Gasteiger partial charge in [0, 0.05) is 30.1 Å². The zero-order chi connectivity index (χ0) is 16.9. The van der Waals surface area contributed by atoms with Crippen molar-refractivity contribution in [3.05, 3.63) is 42.2 Å². The van der Waals surface area contributed by atoms with Crippen LogP contribution in [0, 0.1) is 0 Å². The Morgan fingerprint density at radius 1 is 1.25 bits per heavy atom. The number of unbranched alkanes of at least 4 members (excludes halogenated alkanes) is 1. The first-order valence-electron chi connectivity index (χ1n) is 8.52. The lowest BCUT2D eigenvalue weighted by molar-refractivity contribution is 0.0945. The van der Waals surface area contributed by atoms with Gasteiger partial charge < -0.3 is 15.2 Å². The molecule has 0 fully saturated rings. The minimum absolute atomic E-state index is 0.0702. The number of carbonyl (C=O) groups excluding carboxylic acids is 1. The molecule has 0 aliphatic carbocycles. The molecule has 0 aliphatic rings. The van der Waals surface area contributed by atoms with E-state index in [0.717, 1.165) is 34.9 Å². The van der Waals surface area contributed by atoms with E-state index in [-0.39, 0.29) is 5.91 Å². The molecular formula is C19H24N4O. The van der Waals surface area contributed by atoms with Gasteiger partial charge >= 0.3 is 0 Å². The summed E-state index contributed by atoms with van der Waals surface area (Å²) < 4.78 is 0. The van der Waals surface area contributed by atoms with Crippen LogP contribution >= 0.6 is 0 Å². The Morgan fingerprint density at radius 2 is 2.08 bits per heavy atom. The second-order valence-corrected chi connectivity index (χ2v) is 6.20. The average molecular weight is 324 g/mol. The highest BCUT2D eigenvalue weighted by Crippen LogP contribution is 2.23. The van der Waals surface area contributed by atoms with Gasteiger partial charge in [0.15, 0.2) is 0 Å². The Hall–Kier alpha value is -2.40. The third-order valence-corrected chi connectivity index (χ3v) is 4.28. The molecule has 2 heterocycles. The monoisotopic (exact) mass is 324 g/mol. The summed E-state index contributed by atoms with van der Waals surface area (Å²) in [5, 5.41) is 5.06. The van der Waals surface area contributed by atoms with E-state index in [1.54, 1.807) is 6.20 Å². The molecule has 3 rings (SSSR count). The van der Waals surface area contributed by atoms with E-state index in [9.17, 15) is 4.79 Å². The molecule has 1 aromatic carbocycles. The summed E-state index contributed by atoms with van der Waals surface area (Å²) in [4.78, 5) is 22.3. The normalized spacial score (nSPS) is 11.5. The van der Waals surface area contributed by atoms with Crippen molar-refractivity contribution in [2.75, 3.05) is 26.7 Å². The quantitative estimate of drug-likeness (QED) is 0.702. The van der Waals surface area contributed by atoms with Crippen molar-refractivity contribution < 1.29 is 4.79 Å². The van der Waals surface area contributed by atoms with E-state index in [0.29, 0.717) is 12.2 Å². The predicted molar refractivity (Wildman–Crippen MR) is 98.3 cm³/mol. The smallest absolute Gasteiger partial charge is 0.267 e. The van der Waals surface area contributed by atoms with Gasteiger partial charge in [-0.25, -0.2) is 0 Å². The fourth-order valence-corrected chi connectivity index (χ4v) is 2.86. The maximum atomic E-state index is 12.4. The van der Waals surface area contributed by atoms with E-state index < -0.39 is 0 Å². The van der Waals surface area contributed by atoms with Crippen LogP contribution in [0.2, 0.25) is 0 Å². The van der Waals surface area contributed by atoms with Gasteiger partial charge in [0.2, 0.25) is 0 Å². The van der Waals surface area contributed by atoms with Crippen molar-refractivity contribution in [2.24, 2.45) is 0 Å². The van der Waals surface area contributed by atoms with E-state index in [4.69, 9.17) is 0 Å². The summed E-state index contributed by atoms with van der Waals surface area (Å²) in [5.74, 6) is -0.0702. The van der Waals surface area contributed by atoms with Crippen molar-refractivity contribution in [1.29, 1.82) is 0 Å². The zero-order valence-corrected chi connectivity index (χ0v) is 14.3. The molecule has 0 bridgehead atoms. The number of H-pyrrole nitrogens is 1. The Kier molecular flexibility index (Phi) is 5.11. The van der Waals surface area contributed by atoms with Crippen LogP contribution in [0.1, 0.15) is 30.3 Å². The second kappa shape index (κ2) is 7.45. The highest BCUT2D eigenvalue weighted by molar-refractivity contribution is 6.07. The SMILES string of the molecule is CCCCN(C)CCNC(=O)c1cc2ccc3cccnc3c2[nH]1. The maximum absolute atomic E-state index is 12.4. The number of fused-ring (bicyclic) bond motifs is 3. The van der Waals surface area contributed by atoms with Crippen molar-refractivity contribution in [3.63, 3.8) is 0 Å². The first-order chi connectivity index (χ1) is 11.7. The Morgan fingerprint density at radius 3 is 2.92 bits per heavy atom. The number of carbonyl (C=O) groups is 1. The van der Waals surface area contributed by atoms with Crippen LogP contribution in [0.5, 0.6) is 0 Å². The first kappa shape index (κ1) is 16.5. The molecule has 0 saturated heterocycles. The number of likely N-dealkylation sites (N-methyl/N-ethyl adjacent to an activating group) is 1. The lowest BCUT2D eigenvalue weighted by Crippen LogP contribution is -2.33. The molecule has 5 heteroatoms. The van der Waals surface area contributed by atoms with Gasteiger partial charge in [-0.15, -0.1) is 0 Å². The number of benzene rings is 1. The summed E-state index contributed by atoms with van der Waals surface area (Å²) in [7, 11) is 2.09. The van der Waals surface area contributed by atoms with Gasteiger partial charge in [-0.05, 0) is 32.1 Å². The molecule has 0 radical (unpaired) electrons. The van der Waals surface area contributed by atoms with Crippen LogP contribution < -0.4 is 5.32 Å². The fourth-order valence-electron chi connectivity index (χ4n) is 2.86. The van der Waals surface area contributed by atoms with Gasteiger partial charge in [0.05, 0.1) is 11.0 Å². The van der Waals surface area contributed by atoms with Gasteiger partial charge in [-0.1, -0.05) is 31.5 Å². The topological polar surface area (TPSA) is 61.0 Å². The molecule has 0 spiro atoms. The van der Waals surface area contributed by atoms with E-state index >= 15 is 0 Å². The Labute approximate surface area is 142 Å². The Balaban J connectivity index is 1.68. The molecule has 2 N–H and O–H groups in total. The number of nitrogens with one attached hydrogen (secondary N) is 2. The third kappa shape index (κ3) is 3.57. The van der Waals surface area contributed by atoms with Crippen molar-refractivity contribution in [3.8, 4) is 0 Å². The zero-order valence-electron chi connectivity index (χ0n) is 14.3. The average Bonchev–Trinajstić information content (AvgIpc) is 3.04. The number of hydrogen-bond acceptors (Lipinski definition) is 3. The molecule has 24 heavy (non-hydrogen) atoms. The van der Waals surface area contributed by atoms with Crippen molar-refractivity contribution in [1.82, 2.24) is 20.2 Å². The van der Waals surface area contributed by atoms with Crippen molar-refractivity contribution in [2.45, 2.75) is 19.8 Å². The summed E-state index contributed by atoms with van der Waals surface area (Å²) in [6.07, 6.45) is 4.15. The molecule has 2 aromatic heterocycles. The number of rotatable bonds is 7. The number of amides is 1. The molecule has 3 aromatic rings. The minimum Gasteiger partial charge on any atom is -0.349 e. The lowest BCUT2D eigenvalue weighted by Gasteiger charge is -2.16. The number of hydrogen-bond donors (Lipinski definition) is 2. The van der Waals surface area contributed by atoms with Gasteiger partial charge in [-0.2, -0.15) is 0 Å². The third-order valence-electron chi connectivity index (χ3n) is 4.28. The lowest BCUT2D eigenvalue weighted by atomic mass is 10.1.